The maximum Gasteiger partial charge on any atom is 0.264 e. The predicted octanol–water partition coefficient (Wildman–Crippen LogP) is 6.14. The summed E-state index contributed by atoms with van der Waals surface area (Å²) in [5, 5.41) is 0.372. The number of nitrogens with zero attached hydrogens (tertiary/aromatic N) is 1. The van der Waals surface area contributed by atoms with Crippen LogP contribution in [-0.4, -0.2) is 8.42 Å². The van der Waals surface area contributed by atoms with E-state index in [0.717, 1.165) is 33.6 Å². The molecule has 3 rings (SSSR count). The van der Waals surface area contributed by atoms with Crippen molar-refractivity contribution in [2.45, 2.75) is 31.2 Å². The van der Waals surface area contributed by atoms with E-state index >= 15 is 0 Å². The molecule has 3 aromatic rings. The smallest absolute Gasteiger partial charge is 0.256 e. The van der Waals surface area contributed by atoms with Gasteiger partial charge in [0.15, 0.2) is 0 Å². The molecule has 0 N–H and O–H groups in total. The van der Waals surface area contributed by atoms with Crippen LogP contribution in [0.25, 0.3) is 0 Å². The van der Waals surface area contributed by atoms with E-state index in [9.17, 15) is 17.2 Å². The Hall–Kier alpha value is -2.44. The number of hydrogen-bond acceptors (Lipinski definition) is 2. The fourth-order valence-electron chi connectivity index (χ4n) is 3.31. The topological polar surface area (TPSA) is 37.4 Å². The number of hydrogen-bond donors (Lipinski definition) is 0. The number of benzene rings is 3. The first-order chi connectivity index (χ1) is 13.8. The molecule has 152 valence electrons. The number of halogens is 3. The van der Waals surface area contributed by atoms with Crippen molar-refractivity contribution < 1.29 is 17.2 Å². The van der Waals surface area contributed by atoms with Gasteiger partial charge < -0.3 is 0 Å². The van der Waals surface area contributed by atoms with Crippen LogP contribution in [0.4, 0.5) is 14.5 Å². The number of aryl methyl sites for hydroxylation is 1. The standard InChI is InChI=1S/C22H20ClF2NO2S/c1-3-16-6-4-5-7-20(16)15(2)26(22-14-18(24)10-13-21(22)25)29(27,28)19-11-8-17(23)9-12-19/h4-15H,3H2,1-2H3/t15-/m1/s1. The lowest BCUT2D eigenvalue weighted by molar-refractivity contribution is 0.570. The summed E-state index contributed by atoms with van der Waals surface area (Å²) < 4.78 is 56.6. The lowest BCUT2D eigenvalue weighted by Crippen LogP contribution is -2.35. The van der Waals surface area contributed by atoms with Gasteiger partial charge >= 0.3 is 0 Å². The summed E-state index contributed by atoms with van der Waals surface area (Å²) in [6.45, 7) is 3.61. The van der Waals surface area contributed by atoms with Crippen molar-refractivity contribution in [2.24, 2.45) is 0 Å². The summed E-state index contributed by atoms with van der Waals surface area (Å²) in [5.41, 5.74) is 1.29. The van der Waals surface area contributed by atoms with Crippen LogP contribution < -0.4 is 4.31 Å². The molecule has 0 radical (unpaired) electrons. The first-order valence-corrected chi connectivity index (χ1v) is 10.9. The van der Waals surface area contributed by atoms with Gasteiger partial charge in [0.1, 0.15) is 11.6 Å². The Morgan fingerprint density at radius 2 is 1.66 bits per heavy atom. The van der Waals surface area contributed by atoms with Gasteiger partial charge in [-0.3, -0.25) is 4.31 Å². The van der Waals surface area contributed by atoms with Gasteiger partial charge in [-0.2, -0.15) is 0 Å². The molecular formula is C22H20ClF2NO2S. The first kappa shape index (κ1) is 21.3. The van der Waals surface area contributed by atoms with Crippen LogP contribution >= 0.6 is 11.6 Å². The van der Waals surface area contributed by atoms with Gasteiger partial charge in [0.25, 0.3) is 10.0 Å². The van der Waals surface area contributed by atoms with E-state index in [1.807, 2.05) is 19.1 Å². The summed E-state index contributed by atoms with van der Waals surface area (Å²) in [6, 6.07) is 14.9. The Morgan fingerprint density at radius 1 is 1.00 bits per heavy atom. The van der Waals surface area contributed by atoms with Crippen molar-refractivity contribution in [1.82, 2.24) is 0 Å². The third kappa shape index (κ3) is 4.28. The zero-order chi connectivity index (χ0) is 21.2. The van der Waals surface area contributed by atoms with Crippen LogP contribution in [-0.2, 0) is 16.4 Å². The van der Waals surface area contributed by atoms with Crippen molar-refractivity contribution in [1.29, 1.82) is 0 Å². The van der Waals surface area contributed by atoms with Gasteiger partial charge in [-0.05, 0) is 60.9 Å². The van der Waals surface area contributed by atoms with E-state index in [-0.39, 0.29) is 10.6 Å². The lowest BCUT2D eigenvalue weighted by Gasteiger charge is -2.32. The maximum absolute atomic E-state index is 14.7. The molecule has 0 saturated heterocycles. The zero-order valence-electron chi connectivity index (χ0n) is 15.9. The minimum absolute atomic E-state index is 0.0635. The maximum atomic E-state index is 14.7. The lowest BCUT2D eigenvalue weighted by atomic mass is 9.99. The van der Waals surface area contributed by atoms with E-state index in [4.69, 9.17) is 11.6 Å². The van der Waals surface area contributed by atoms with Crippen molar-refractivity contribution in [2.75, 3.05) is 4.31 Å². The van der Waals surface area contributed by atoms with Crippen molar-refractivity contribution >= 4 is 27.3 Å². The molecule has 0 unspecified atom stereocenters. The van der Waals surface area contributed by atoms with Crippen LogP contribution in [0.3, 0.4) is 0 Å². The van der Waals surface area contributed by atoms with E-state index in [2.05, 4.69) is 0 Å². The van der Waals surface area contributed by atoms with E-state index < -0.39 is 27.7 Å². The molecule has 0 aliphatic carbocycles. The molecule has 0 heterocycles. The zero-order valence-corrected chi connectivity index (χ0v) is 17.5. The molecule has 3 aromatic carbocycles. The largest absolute Gasteiger partial charge is 0.264 e. The Kier molecular flexibility index (Phi) is 6.24. The SMILES string of the molecule is CCc1ccccc1[C@@H](C)N(c1cc(F)ccc1F)S(=O)(=O)c1ccc(Cl)cc1. The molecule has 0 spiro atoms. The highest BCUT2D eigenvalue weighted by molar-refractivity contribution is 7.92. The number of rotatable bonds is 6. The van der Waals surface area contributed by atoms with Crippen LogP contribution in [0.2, 0.25) is 5.02 Å². The monoisotopic (exact) mass is 435 g/mol. The summed E-state index contributed by atoms with van der Waals surface area (Å²) in [4.78, 5) is -0.0635. The molecule has 7 heteroatoms. The molecule has 0 bridgehead atoms. The second-order valence-corrected chi connectivity index (χ2v) is 8.83. The second kappa shape index (κ2) is 8.51. The summed E-state index contributed by atoms with van der Waals surface area (Å²) in [5.74, 6) is -1.56. The van der Waals surface area contributed by atoms with Crippen LogP contribution in [0.5, 0.6) is 0 Å². The summed E-state index contributed by atoms with van der Waals surface area (Å²) in [6.07, 6.45) is 0.668. The molecular weight excluding hydrogens is 416 g/mol. The summed E-state index contributed by atoms with van der Waals surface area (Å²) in [7, 11) is -4.21. The molecule has 0 aliphatic heterocycles. The Morgan fingerprint density at radius 3 is 2.31 bits per heavy atom. The highest BCUT2D eigenvalue weighted by atomic mass is 35.5. The molecule has 1 atom stereocenters. The normalized spacial score (nSPS) is 12.6. The van der Waals surface area contributed by atoms with E-state index in [0.29, 0.717) is 11.4 Å². The Bertz CT molecular complexity index is 1120. The molecule has 0 saturated carbocycles. The third-order valence-corrected chi connectivity index (χ3v) is 6.90. The average molecular weight is 436 g/mol. The van der Waals surface area contributed by atoms with Crippen molar-refractivity contribution in [3.8, 4) is 0 Å². The summed E-state index contributed by atoms with van der Waals surface area (Å²) >= 11 is 5.88. The third-order valence-electron chi connectivity index (χ3n) is 4.75. The van der Waals surface area contributed by atoms with Gasteiger partial charge in [0.2, 0.25) is 0 Å². The molecule has 0 amide bonds. The number of anilines is 1. The average Bonchev–Trinajstić information content (AvgIpc) is 2.70. The highest BCUT2D eigenvalue weighted by Crippen LogP contribution is 2.36. The van der Waals surface area contributed by atoms with Gasteiger partial charge in [0, 0.05) is 11.1 Å². The van der Waals surface area contributed by atoms with Crippen LogP contribution in [0, 0.1) is 11.6 Å². The highest BCUT2D eigenvalue weighted by Gasteiger charge is 2.33. The molecule has 0 aromatic heterocycles. The molecule has 29 heavy (non-hydrogen) atoms. The minimum atomic E-state index is -4.21. The molecule has 0 aliphatic rings. The molecule has 0 fully saturated rings. The fourth-order valence-corrected chi connectivity index (χ4v) is 5.07. The quantitative estimate of drug-likeness (QED) is 0.466. The van der Waals surface area contributed by atoms with Crippen molar-refractivity contribution in [3.63, 3.8) is 0 Å². The minimum Gasteiger partial charge on any atom is -0.256 e. The second-order valence-electron chi connectivity index (χ2n) is 6.58. The van der Waals surface area contributed by atoms with Crippen LogP contribution in [0.15, 0.2) is 71.6 Å². The van der Waals surface area contributed by atoms with Crippen molar-refractivity contribution in [3.05, 3.63) is 94.5 Å². The van der Waals surface area contributed by atoms with Gasteiger partial charge in [0.05, 0.1) is 16.6 Å². The fraction of sp³-hybridized carbons (Fsp3) is 0.182. The van der Waals surface area contributed by atoms with Gasteiger partial charge in [-0.25, -0.2) is 17.2 Å². The van der Waals surface area contributed by atoms with Gasteiger partial charge in [-0.1, -0.05) is 42.8 Å². The molecule has 3 nitrogen and oxygen atoms in total. The Balaban J connectivity index is 2.24. The van der Waals surface area contributed by atoms with Gasteiger partial charge in [-0.15, -0.1) is 0 Å². The predicted molar refractivity (Wildman–Crippen MR) is 112 cm³/mol. The number of sulfonamides is 1. The van der Waals surface area contributed by atoms with E-state index in [1.165, 1.54) is 24.3 Å². The Labute approximate surface area is 174 Å². The first-order valence-electron chi connectivity index (χ1n) is 9.08. The van der Waals surface area contributed by atoms with Crippen LogP contribution in [0.1, 0.15) is 31.0 Å². The van der Waals surface area contributed by atoms with E-state index in [1.54, 1.807) is 19.1 Å².